The number of aldehydes is 1. The Balaban J connectivity index is 2.23. The smallest absolute Gasteiger partial charge is 0.139 e. The first-order chi connectivity index (χ1) is 6.63. The molecule has 2 heteroatoms. The Labute approximate surface area is 84.5 Å². The van der Waals surface area contributed by atoms with Crippen LogP contribution in [0.3, 0.4) is 0 Å². The van der Waals surface area contributed by atoms with E-state index in [9.17, 15) is 4.79 Å². The molecule has 14 heavy (non-hydrogen) atoms. The summed E-state index contributed by atoms with van der Waals surface area (Å²) in [6.07, 6.45) is 1.03. The Morgan fingerprint density at radius 2 is 1.71 bits per heavy atom. The van der Waals surface area contributed by atoms with Crippen LogP contribution in [0.2, 0.25) is 0 Å². The number of carbonyl (C=O) groups excluding carboxylic acids is 1. The lowest BCUT2D eigenvalue weighted by molar-refractivity contribution is -0.117. The van der Waals surface area contributed by atoms with Gasteiger partial charge in [-0.05, 0) is 25.0 Å². The lowest BCUT2D eigenvalue weighted by Crippen LogP contribution is -2.41. The molecule has 0 fully saturated rings. The molecule has 0 aliphatic carbocycles. The van der Waals surface area contributed by atoms with Crippen molar-refractivity contribution >= 4 is 6.29 Å². The second-order valence-electron chi connectivity index (χ2n) is 4.40. The molecular formula is C12H15NO. The van der Waals surface area contributed by atoms with Crippen LogP contribution in [0.4, 0.5) is 0 Å². The van der Waals surface area contributed by atoms with Crippen LogP contribution in [0, 0.1) is 0 Å². The fourth-order valence-electron chi connectivity index (χ4n) is 1.82. The zero-order valence-electron chi connectivity index (χ0n) is 8.66. The van der Waals surface area contributed by atoms with Gasteiger partial charge >= 0.3 is 0 Å². The Morgan fingerprint density at radius 3 is 2.14 bits per heavy atom. The third-order valence-electron chi connectivity index (χ3n) is 2.94. The molecule has 0 spiro atoms. The third-order valence-corrected chi connectivity index (χ3v) is 2.94. The monoisotopic (exact) mass is 189 g/mol. The van der Waals surface area contributed by atoms with E-state index in [4.69, 9.17) is 0 Å². The average molecular weight is 189 g/mol. The van der Waals surface area contributed by atoms with Gasteiger partial charge in [-0.25, -0.2) is 0 Å². The summed E-state index contributed by atoms with van der Waals surface area (Å²) in [5, 5.41) is 0. The molecule has 1 aliphatic heterocycles. The molecule has 0 bridgehead atoms. The molecule has 0 saturated heterocycles. The summed E-state index contributed by atoms with van der Waals surface area (Å²) >= 11 is 0. The molecule has 0 N–H and O–H groups in total. The van der Waals surface area contributed by atoms with Crippen molar-refractivity contribution in [2.45, 2.75) is 32.5 Å². The van der Waals surface area contributed by atoms with Gasteiger partial charge in [-0.1, -0.05) is 24.3 Å². The number of benzene rings is 1. The largest absolute Gasteiger partial charge is 0.301 e. The minimum atomic E-state index is -0.348. The minimum absolute atomic E-state index is 0.348. The number of hydrogen-bond acceptors (Lipinski definition) is 2. The number of nitrogens with zero attached hydrogens (tertiary/aromatic N) is 1. The predicted molar refractivity (Wildman–Crippen MR) is 55.8 cm³/mol. The van der Waals surface area contributed by atoms with E-state index in [1.165, 1.54) is 11.1 Å². The van der Waals surface area contributed by atoms with Crippen LogP contribution < -0.4 is 0 Å². The Morgan fingerprint density at radius 1 is 1.21 bits per heavy atom. The van der Waals surface area contributed by atoms with Crippen LogP contribution in [0.25, 0.3) is 0 Å². The second-order valence-corrected chi connectivity index (χ2v) is 4.40. The van der Waals surface area contributed by atoms with Gasteiger partial charge in [-0.2, -0.15) is 0 Å². The van der Waals surface area contributed by atoms with Gasteiger partial charge in [-0.3, -0.25) is 4.90 Å². The SMILES string of the molecule is CC(C)(C=O)N1Cc2ccccc2C1. The zero-order chi connectivity index (χ0) is 10.2. The van der Waals surface area contributed by atoms with E-state index in [-0.39, 0.29) is 5.54 Å². The molecule has 0 saturated carbocycles. The molecule has 0 unspecified atom stereocenters. The van der Waals surface area contributed by atoms with Crippen molar-refractivity contribution < 1.29 is 4.79 Å². The zero-order valence-corrected chi connectivity index (χ0v) is 8.66. The highest BCUT2D eigenvalue weighted by Gasteiger charge is 2.30. The maximum Gasteiger partial charge on any atom is 0.139 e. The quantitative estimate of drug-likeness (QED) is 0.663. The molecule has 0 aromatic heterocycles. The summed E-state index contributed by atoms with van der Waals surface area (Å²) in [4.78, 5) is 13.1. The van der Waals surface area contributed by atoms with Crippen LogP contribution in [-0.2, 0) is 17.9 Å². The highest BCUT2D eigenvalue weighted by atomic mass is 16.1. The van der Waals surface area contributed by atoms with E-state index < -0.39 is 0 Å². The molecule has 2 nitrogen and oxygen atoms in total. The fraction of sp³-hybridized carbons (Fsp3) is 0.417. The van der Waals surface area contributed by atoms with Crippen molar-refractivity contribution in [3.05, 3.63) is 35.4 Å². The van der Waals surface area contributed by atoms with Gasteiger partial charge in [-0.15, -0.1) is 0 Å². The summed E-state index contributed by atoms with van der Waals surface area (Å²) in [6, 6.07) is 8.37. The van der Waals surface area contributed by atoms with Crippen LogP contribution in [0.5, 0.6) is 0 Å². The molecule has 1 heterocycles. The second kappa shape index (κ2) is 3.21. The topological polar surface area (TPSA) is 20.3 Å². The predicted octanol–water partition coefficient (Wildman–Crippen LogP) is 1.98. The summed E-state index contributed by atoms with van der Waals surface area (Å²) in [6.45, 7) is 5.71. The molecule has 1 aliphatic rings. The van der Waals surface area contributed by atoms with Gasteiger partial charge in [0.05, 0.1) is 5.54 Å². The van der Waals surface area contributed by atoms with Gasteiger partial charge in [0.2, 0.25) is 0 Å². The standard InChI is InChI=1S/C12H15NO/c1-12(2,9-14)13-7-10-5-3-4-6-11(10)8-13/h3-6,9H,7-8H2,1-2H3. The molecule has 1 aromatic rings. The van der Waals surface area contributed by atoms with E-state index in [0.717, 1.165) is 19.4 Å². The Bertz CT molecular complexity index is 332. The van der Waals surface area contributed by atoms with Crippen molar-refractivity contribution in [1.29, 1.82) is 0 Å². The molecule has 2 rings (SSSR count). The fourth-order valence-corrected chi connectivity index (χ4v) is 1.82. The van der Waals surface area contributed by atoms with Crippen molar-refractivity contribution in [2.24, 2.45) is 0 Å². The van der Waals surface area contributed by atoms with Crippen LogP contribution in [0.1, 0.15) is 25.0 Å². The summed E-state index contributed by atoms with van der Waals surface area (Å²) in [5.41, 5.74) is 2.35. The maximum absolute atomic E-state index is 10.9. The summed E-state index contributed by atoms with van der Waals surface area (Å²) < 4.78 is 0. The molecule has 74 valence electrons. The molecule has 0 radical (unpaired) electrons. The van der Waals surface area contributed by atoms with E-state index in [0.29, 0.717) is 0 Å². The van der Waals surface area contributed by atoms with Crippen LogP contribution >= 0.6 is 0 Å². The normalized spacial score (nSPS) is 16.7. The van der Waals surface area contributed by atoms with Gasteiger partial charge in [0, 0.05) is 13.1 Å². The van der Waals surface area contributed by atoms with Gasteiger partial charge in [0.1, 0.15) is 6.29 Å². The lowest BCUT2D eigenvalue weighted by atomic mass is 10.1. The number of hydrogen-bond donors (Lipinski definition) is 0. The highest BCUT2D eigenvalue weighted by Crippen LogP contribution is 2.27. The van der Waals surface area contributed by atoms with Crippen LogP contribution in [0.15, 0.2) is 24.3 Å². The van der Waals surface area contributed by atoms with Gasteiger partial charge in [0.15, 0.2) is 0 Å². The van der Waals surface area contributed by atoms with E-state index in [1.807, 2.05) is 13.8 Å². The van der Waals surface area contributed by atoms with Crippen molar-refractivity contribution in [2.75, 3.05) is 0 Å². The van der Waals surface area contributed by atoms with Gasteiger partial charge in [0.25, 0.3) is 0 Å². The summed E-state index contributed by atoms with van der Waals surface area (Å²) in [5.74, 6) is 0. The molecule has 0 atom stereocenters. The van der Waals surface area contributed by atoms with Crippen molar-refractivity contribution in [1.82, 2.24) is 4.90 Å². The first-order valence-corrected chi connectivity index (χ1v) is 4.91. The Kier molecular flexibility index (Phi) is 2.16. The maximum atomic E-state index is 10.9. The molecule has 1 aromatic carbocycles. The average Bonchev–Trinajstić information content (AvgIpc) is 2.61. The number of fused-ring (bicyclic) bond motifs is 1. The highest BCUT2D eigenvalue weighted by molar-refractivity contribution is 5.63. The molecular weight excluding hydrogens is 174 g/mol. The van der Waals surface area contributed by atoms with Gasteiger partial charge < -0.3 is 4.79 Å². The number of rotatable bonds is 2. The van der Waals surface area contributed by atoms with Crippen molar-refractivity contribution in [3.63, 3.8) is 0 Å². The minimum Gasteiger partial charge on any atom is -0.301 e. The molecule has 0 amide bonds. The first kappa shape index (κ1) is 9.41. The van der Waals surface area contributed by atoms with E-state index in [1.54, 1.807) is 0 Å². The Hall–Kier alpha value is -1.15. The summed E-state index contributed by atoms with van der Waals surface area (Å²) in [7, 11) is 0. The number of carbonyl (C=O) groups is 1. The van der Waals surface area contributed by atoms with Crippen molar-refractivity contribution in [3.8, 4) is 0 Å². The first-order valence-electron chi connectivity index (χ1n) is 4.91. The van der Waals surface area contributed by atoms with E-state index in [2.05, 4.69) is 29.2 Å². The lowest BCUT2D eigenvalue weighted by Gasteiger charge is -2.29. The van der Waals surface area contributed by atoms with E-state index >= 15 is 0 Å². The van der Waals surface area contributed by atoms with Crippen LogP contribution in [-0.4, -0.2) is 16.7 Å². The third kappa shape index (κ3) is 1.46.